The van der Waals surface area contributed by atoms with Gasteiger partial charge in [-0.3, -0.25) is 0 Å². The van der Waals surface area contributed by atoms with E-state index in [1.54, 1.807) is 24.3 Å². The van der Waals surface area contributed by atoms with Crippen LogP contribution < -0.4 is 4.90 Å². The van der Waals surface area contributed by atoms with Crippen LogP contribution in [0.5, 0.6) is 5.75 Å². The molecule has 3 rings (SSSR count). The highest BCUT2D eigenvalue weighted by Gasteiger charge is 2.30. The number of phenolic OH excluding ortho intramolecular Hbond substituents is 1. The number of benzene rings is 1. The van der Waals surface area contributed by atoms with Crippen molar-refractivity contribution >= 4 is 43.0 Å². The molecule has 1 N–H and O–H groups in total. The Hall–Kier alpha value is -1.09. The molecule has 0 saturated carbocycles. The van der Waals surface area contributed by atoms with Gasteiger partial charge in [-0.15, -0.1) is 11.3 Å². The lowest BCUT2D eigenvalue weighted by Gasteiger charge is -2.35. The molecular weight excluding hydrogens is 388 g/mol. The molecule has 1 aromatic carbocycles. The number of hydrogen-bond acceptors (Lipinski definition) is 5. The van der Waals surface area contributed by atoms with E-state index in [1.165, 1.54) is 15.6 Å². The average molecular weight is 403 g/mol. The highest BCUT2D eigenvalue weighted by atomic mass is 79.9. The van der Waals surface area contributed by atoms with Gasteiger partial charge in [-0.2, -0.15) is 4.31 Å². The molecule has 2 aromatic rings. The standard InChI is InChI=1S/C14H15BrN2O3S2/c15-13-5-6-14(21-13)22(19,20)17-9-7-16(8-10-17)11-3-1-2-4-12(11)18/h1-6,18H,7-10H2. The van der Waals surface area contributed by atoms with Gasteiger partial charge in [0.1, 0.15) is 9.96 Å². The monoisotopic (exact) mass is 402 g/mol. The van der Waals surface area contributed by atoms with E-state index in [2.05, 4.69) is 15.9 Å². The summed E-state index contributed by atoms with van der Waals surface area (Å²) in [5.74, 6) is 0.223. The molecule has 0 aliphatic carbocycles. The quantitative estimate of drug-likeness (QED) is 0.856. The molecule has 1 aromatic heterocycles. The number of hydrogen-bond donors (Lipinski definition) is 1. The molecule has 1 fully saturated rings. The SMILES string of the molecule is O=S(=O)(c1ccc(Br)s1)N1CCN(c2ccccc2O)CC1. The lowest BCUT2D eigenvalue weighted by molar-refractivity contribution is 0.383. The summed E-state index contributed by atoms with van der Waals surface area (Å²) in [5.41, 5.74) is 0.749. The second-order valence-electron chi connectivity index (χ2n) is 4.94. The van der Waals surface area contributed by atoms with E-state index in [1.807, 2.05) is 17.0 Å². The second kappa shape index (κ2) is 6.19. The molecule has 5 nitrogen and oxygen atoms in total. The zero-order valence-corrected chi connectivity index (χ0v) is 14.9. The largest absolute Gasteiger partial charge is 0.506 e. The van der Waals surface area contributed by atoms with Crippen molar-refractivity contribution < 1.29 is 13.5 Å². The van der Waals surface area contributed by atoms with Gasteiger partial charge in [-0.1, -0.05) is 12.1 Å². The van der Waals surface area contributed by atoms with Gasteiger partial charge < -0.3 is 10.0 Å². The maximum absolute atomic E-state index is 12.6. The van der Waals surface area contributed by atoms with E-state index in [0.717, 1.165) is 9.47 Å². The van der Waals surface area contributed by atoms with Crippen molar-refractivity contribution in [2.45, 2.75) is 4.21 Å². The molecule has 118 valence electrons. The van der Waals surface area contributed by atoms with Gasteiger partial charge in [-0.25, -0.2) is 8.42 Å². The van der Waals surface area contributed by atoms with Gasteiger partial charge in [-0.05, 0) is 40.2 Å². The number of anilines is 1. The second-order valence-corrected chi connectivity index (χ2v) is 9.57. The zero-order chi connectivity index (χ0) is 15.7. The summed E-state index contributed by atoms with van der Waals surface area (Å²) >= 11 is 4.52. The van der Waals surface area contributed by atoms with E-state index >= 15 is 0 Å². The van der Waals surface area contributed by atoms with Crippen LogP contribution >= 0.6 is 27.3 Å². The summed E-state index contributed by atoms with van der Waals surface area (Å²) in [6.07, 6.45) is 0. The topological polar surface area (TPSA) is 60.9 Å². The van der Waals surface area contributed by atoms with Crippen LogP contribution in [0.4, 0.5) is 5.69 Å². The molecule has 1 saturated heterocycles. The summed E-state index contributed by atoms with van der Waals surface area (Å²) < 4.78 is 27.8. The van der Waals surface area contributed by atoms with E-state index in [-0.39, 0.29) is 5.75 Å². The molecule has 2 heterocycles. The summed E-state index contributed by atoms with van der Waals surface area (Å²) in [4.78, 5) is 2.01. The van der Waals surface area contributed by atoms with Crippen molar-refractivity contribution in [3.63, 3.8) is 0 Å². The third-order valence-corrected chi connectivity index (χ3v) is 7.59. The average Bonchev–Trinajstić information content (AvgIpc) is 2.95. The van der Waals surface area contributed by atoms with E-state index in [4.69, 9.17) is 0 Å². The number of phenols is 1. The van der Waals surface area contributed by atoms with Crippen LogP contribution in [0.15, 0.2) is 44.4 Å². The number of piperazine rings is 1. The van der Waals surface area contributed by atoms with Crippen LogP contribution in [-0.2, 0) is 10.0 Å². The van der Waals surface area contributed by atoms with Gasteiger partial charge >= 0.3 is 0 Å². The summed E-state index contributed by atoms with van der Waals surface area (Å²) in [6, 6.07) is 10.5. The third kappa shape index (κ3) is 3.01. The fourth-order valence-corrected chi connectivity index (χ4v) is 6.05. The lowest BCUT2D eigenvalue weighted by atomic mass is 10.2. The predicted molar refractivity (Wildman–Crippen MR) is 91.1 cm³/mol. The van der Waals surface area contributed by atoms with Gasteiger partial charge in [0.25, 0.3) is 10.0 Å². The maximum Gasteiger partial charge on any atom is 0.252 e. The van der Waals surface area contributed by atoms with Crippen molar-refractivity contribution in [3.05, 3.63) is 40.2 Å². The van der Waals surface area contributed by atoms with Gasteiger partial charge in [0.2, 0.25) is 0 Å². The van der Waals surface area contributed by atoms with Crippen molar-refractivity contribution in [1.29, 1.82) is 0 Å². The first kappa shape index (κ1) is 15.8. The minimum absolute atomic E-state index is 0.223. The molecule has 8 heteroatoms. The van der Waals surface area contributed by atoms with Crippen LogP contribution in [0.25, 0.3) is 0 Å². The highest BCUT2D eigenvalue weighted by molar-refractivity contribution is 9.11. The van der Waals surface area contributed by atoms with Crippen LogP contribution in [0, 0.1) is 0 Å². The first-order valence-electron chi connectivity index (χ1n) is 6.77. The molecule has 0 spiro atoms. The summed E-state index contributed by atoms with van der Waals surface area (Å²) in [6.45, 7) is 1.94. The number of rotatable bonds is 3. The van der Waals surface area contributed by atoms with Crippen molar-refractivity contribution in [1.82, 2.24) is 4.31 Å². The van der Waals surface area contributed by atoms with E-state index in [9.17, 15) is 13.5 Å². The number of nitrogens with zero attached hydrogens (tertiary/aromatic N) is 2. The van der Waals surface area contributed by atoms with Crippen molar-refractivity contribution in [2.24, 2.45) is 0 Å². The minimum atomic E-state index is -3.42. The van der Waals surface area contributed by atoms with Crippen LogP contribution in [0.2, 0.25) is 0 Å². The molecular formula is C14H15BrN2O3S2. The van der Waals surface area contributed by atoms with Gasteiger partial charge in [0.05, 0.1) is 9.47 Å². The molecule has 0 radical (unpaired) electrons. The Morgan fingerprint density at radius 3 is 2.32 bits per heavy atom. The lowest BCUT2D eigenvalue weighted by Crippen LogP contribution is -2.48. The third-order valence-electron chi connectivity index (χ3n) is 3.60. The Labute approximate surface area is 142 Å². The summed E-state index contributed by atoms with van der Waals surface area (Å²) in [7, 11) is -3.42. The normalized spacial score (nSPS) is 16.9. The first-order chi connectivity index (χ1) is 10.5. The molecule has 0 amide bonds. The van der Waals surface area contributed by atoms with Crippen molar-refractivity contribution in [2.75, 3.05) is 31.1 Å². The molecule has 0 bridgehead atoms. The maximum atomic E-state index is 12.6. The Balaban J connectivity index is 1.73. The van der Waals surface area contributed by atoms with Crippen LogP contribution in [0.1, 0.15) is 0 Å². The van der Waals surface area contributed by atoms with E-state index < -0.39 is 10.0 Å². The Bertz CT molecular complexity index is 768. The molecule has 22 heavy (non-hydrogen) atoms. The first-order valence-corrected chi connectivity index (χ1v) is 9.82. The van der Waals surface area contributed by atoms with Gasteiger partial charge in [0, 0.05) is 26.2 Å². The number of para-hydroxylation sites is 2. The number of sulfonamides is 1. The summed E-state index contributed by atoms with van der Waals surface area (Å²) in [5, 5.41) is 9.89. The zero-order valence-electron chi connectivity index (χ0n) is 11.6. The highest BCUT2D eigenvalue weighted by Crippen LogP contribution is 2.31. The van der Waals surface area contributed by atoms with Gasteiger partial charge in [0.15, 0.2) is 0 Å². The Kier molecular flexibility index (Phi) is 4.44. The molecule has 0 atom stereocenters. The number of aromatic hydroxyl groups is 1. The fraction of sp³-hybridized carbons (Fsp3) is 0.286. The smallest absolute Gasteiger partial charge is 0.252 e. The molecule has 0 unspecified atom stereocenters. The van der Waals surface area contributed by atoms with Crippen molar-refractivity contribution in [3.8, 4) is 5.75 Å². The minimum Gasteiger partial charge on any atom is -0.506 e. The number of halogens is 1. The number of thiophene rings is 1. The van der Waals surface area contributed by atoms with Crippen LogP contribution in [0.3, 0.4) is 0 Å². The predicted octanol–water partition coefficient (Wildman–Crippen LogP) is 2.73. The molecule has 1 aliphatic rings. The fourth-order valence-electron chi connectivity index (χ4n) is 2.46. The van der Waals surface area contributed by atoms with E-state index in [0.29, 0.717) is 30.4 Å². The van der Waals surface area contributed by atoms with Crippen LogP contribution in [-0.4, -0.2) is 44.0 Å². The Morgan fingerprint density at radius 2 is 1.73 bits per heavy atom. The molecule has 1 aliphatic heterocycles. The Morgan fingerprint density at radius 1 is 1.05 bits per heavy atom.